The molecule has 14 nitrogen and oxygen atoms in total. The highest BCUT2D eigenvalue weighted by Gasteiger charge is 2.46. The summed E-state index contributed by atoms with van der Waals surface area (Å²) in [6.07, 6.45) is 24.0. The van der Waals surface area contributed by atoms with Crippen LogP contribution in [-0.2, 0) is 18.6 Å². The number of benzene rings is 1. The minimum absolute atomic E-state index is 0.0573. The standard InChI is InChI=1S/C38H51ClN7O7P/c1-2-3-4-5-6-7-8-9-10-11-12-13-14-15-16-17-21-24-31(47)41-25-26-44-54(50,53-29-22-19-18-20-23-29)51-27-30-33(48)34(49)37(52-30)46-36-32(45-38(46)39)35(40)42-28-43-36/h3-4,6-7,9-10,12-13,15-16,18-20,22-23,28,30,33-34,37,48-49H,2,5,8,11,14,17,21,24-27H2,1H3,(H,41,47)(H,44,50)(H2,40,42,43)/b4-3-,7-6-,10-9-,13-12-,16-15-/t30-,33-,34-,37?,54?/m1/s1. The lowest BCUT2D eigenvalue weighted by atomic mass is 10.1. The van der Waals surface area contributed by atoms with Crippen molar-refractivity contribution in [1.82, 2.24) is 29.9 Å². The molecule has 0 spiro atoms. The normalized spacial score (nSPS) is 20.4. The van der Waals surface area contributed by atoms with Gasteiger partial charge >= 0.3 is 7.75 Å². The molecule has 292 valence electrons. The van der Waals surface area contributed by atoms with Crippen LogP contribution >= 0.6 is 19.3 Å². The summed E-state index contributed by atoms with van der Waals surface area (Å²) in [5.74, 6) is 0.215. The number of hydrogen-bond acceptors (Lipinski definition) is 11. The number of fused-ring (bicyclic) bond motifs is 1. The molecule has 54 heavy (non-hydrogen) atoms. The minimum Gasteiger partial charge on any atom is -0.413 e. The molecule has 3 aromatic rings. The molecule has 1 aliphatic heterocycles. The zero-order chi connectivity index (χ0) is 38.6. The Bertz CT molecular complexity index is 1800. The molecule has 16 heteroatoms. The minimum atomic E-state index is -4.07. The van der Waals surface area contributed by atoms with Crippen LogP contribution in [0, 0.1) is 0 Å². The summed E-state index contributed by atoms with van der Waals surface area (Å²) in [7, 11) is -4.07. The van der Waals surface area contributed by atoms with Gasteiger partial charge in [-0.3, -0.25) is 13.9 Å². The zero-order valence-electron chi connectivity index (χ0n) is 30.5. The van der Waals surface area contributed by atoms with Crippen molar-refractivity contribution >= 4 is 42.2 Å². The number of hydrogen-bond donors (Lipinski definition) is 5. The molecule has 2 aromatic heterocycles. The fourth-order valence-electron chi connectivity index (χ4n) is 5.33. The summed E-state index contributed by atoms with van der Waals surface area (Å²) in [5, 5.41) is 27.2. The first-order valence-electron chi connectivity index (χ1n) is 18.1. The van der Waals surface area contributed by atoms with Crippen LogP contribution in [0.5, 0.6) is 5.75 Å². The number of allylic oxidation sites excluding steroid dienone is 10. The number of carbonyl (C=O) groups is 1. The van der Waals surface area contributed by atoms with E-state index < -0.39 is 38.9 Å². The molecule has 4 rings (SSSR count). The number of halogens is 1. The monoisotopic (exact) mass is 783 g/mol. The summed E-state index contributed by atoms with van der Waals surface area (Å²) in [6.45, 7) is 1.91. The molecule has 6 N–H and O–H groups in total. The highest BCUT2D eigenvalue weighted by atomic mass is 35.5. The van der Waals surface area contributed by atoms with Crippen molar-refractivity contribution in [3.05, 3.63) is 103 Å². The van der Waals surface area contributed by atoms with Crippen molar-refractivity contribution in [2.45, 2.75) is 82.8 Å². The number of nitrogens with zero attached hydrogens (tertiary/aromatic N) is 4. The van der Waals surface area contributed by atoms with Crippen LogP contribution in [0.15, 0.2) is 97.4 Å². The number of carbonyl (C=O) groups excluding carboxylic acids is 1. The molecule has 1 aliphatic rings. The lowest BCUT2D eigenvalue weighted by Gasteiger charge is -2.22. The third-order valence-corrected chi connectivity index (χ3v) is 9.93. The van der Waals surface area contributed by atoms with Gasteiger partial charge in [-0.15, -0.1) is 0 Å². The van der Waals surface area contributed by atoms with E-state index in [0.717, 1.165) is 38.5 Å². The van der Waals surface area contributed by atoms with Gasteiger partial charge in [0.1, 0.15) is 30.4 Å². The summed E-state index contributed by atoms with van der Waals surface area (Å²) in [5.41, 5.74) is 6.28. The number of anilines is 1. The Labute approximate surface area is 321 Å². The van der Waals surface area contributed by atoms with Gasteiger partial charge in [-0.1, -0.05) is 85.9 Å². The Morgan fingerprint density at radius 1 is 0.963 bits per heavy atom. The Morgan fingerprint density at radius 3 is 2.28 bits per heavy atom. The van der Waals surface area contributed by atoms with Crippen LogP contribution in [0.4, 0.5) is 5.82 Å². The van der Waals surface area contributed by atoms with Gasteiger partial charge in [0.05, 0.1) is 6.61 Å². The lowest BCUT2D eigenvalue weighted by Crippen LogP contribution is -2.35. The number of aliphatic hydroxyl groups is 2. The van der Waals surface area contributed by atoms with Gasteiger partial charge in [-0.2, -0.15) is 0 Å². The molecule has 1 saturated heterocycles. The van der Waals surface area contributed by atoms with E-state index in [0.29, 0.717) is 12.8 Å². The van der Waals surface area contributed by atoms with Gasteiger partial charge in [0.2, 0.25) is 11.2 Å². The topological polar surface area (TPSA) is 196 Å². The van der Waals surface area contributed by atoms with Crippen molar-refractivity contribution in [3.8, 4) is 5.75 Å². The Balaban J connectivity index is 1.17. The first-order valence-corrected chi connectivity index (χ1v) is 20.1. The number of amides is 1. The molecule has 0 radical (unpaired) electrons. The van der Waals surface area contributed by atoms with Crippen LogP contribution < -0.4 is 20.7 Å². The fraction of sp³-hybridized carbons (Fsp3) is 0.421. The number of para-hydroxylation sites is 1. The molecule has 0 aliphatic carbocycles. The predicted octanol–water partition coefficient (Wildman–Crippen LogP) is 6.51. The SMILES string of the molecule is CC/C=C\C/C=C\C/C=C\C/C=C\C/C=C\CCCC(=O)NCCNP(=O)(OC[C@H]1OC(n2c(Cl)nc3c(N)ncnc32)[C@H](O)[C@@H]1O)Oc1ccccc1. The number of ether oxygens (including phenoxy) is 1. The average molecular weight is 784 g/mol. The van der Waals surface area contributed by atoms with Crippen LogP contribution in [0.25, 0.3) is 11.2 Å². The quantitative estimate of drug-likeness (QED) is 0.0303. The highest BCUT2D eigenvalue weighted by molar-refractivity contribution is 7.52. The largest absolute Gasteiger partial charge is 0.458 e. The molecule has 5 atom stereocenters. The molecule has 1 amide bonds. The summed E-state index contributed by atoms with van der Waals surface area (Å²) < 4.78 is 32.4. The Morgan fingerprint density at radius 2 is 1.61 bits per heavy atom. The van der Waals surface area contributed by atoms with E-state index in [1.807, 2.05) is 0 Å². The number of aliphatic hydroxyl groups excluding tert-OH is 2. The van der Waals surface area contributed by atoms with Gasteiger partial charge in [0.25, 0.3) is 0 Å². The van der Waals surface area contributed by atoms with E-state index in [9.17, 15) is 19.6 Å². The summed E-state index contributed by atoms with van der Waals surface area (Å²) in [6, 6.07) is 8.41. The number of aromatic nitrogens is 4. The smallest absolute Gasteiger partial charge is 0.413 e. The van der Waals surface area contributed by atoms with Crippen LogP contribution in [0.3, 0.4) is 0 Å². The van der Waals surface area contributed by atoms with Gasteiger partial charge in [0.15, 0.2) is 23.2 Å². The molecular weight excluding hydrogens is 733 g/mol. The maximum atomic E-state index is 13.8. The van der Waals surface area contributed by atoms with Gasteiger partial charge in [-0.05, 0) is 68.7 Å². The van der Waals surface area contributed by atoms with Crippen molar-refractivity contribution in [2.75, 3.05) is 25.4 Å². The third-order valence-electron chi connectivity index (χ3n) is 8.12. The maximum Gasteiger partial charge on any atom is 0.458 e. The fourth-order valence-corrected chi connectivity index (χ4v) is 6.93. The number of rotatable bonds is 23. The number of nitrogens with two attached hydrogens (primary N) is 1. The first kappa shape index (κ1) is 42.6. The van der Waals surface area contributed by atoms with E-state index in [4.69, 9.17) is 31.1 Å². The molecule has 0 bridgehead atoms. The lowest BCUT2D eigenvalue weighted by molar-refractivity contribution is -0.121. The molecule has 1 aromatic carbocycles. The van der Waals surface area contributed by atoms with Crippen LogP contribution in [-0.4, -0.2) is 73.6 Å². The Kier molecular flexibility index (Phi) is 18.1. The predicted molar refractivity (Wildman–Crippen MR) is 211 cm³/mol. The van der Waals surface area contributed by atoms with E-state index >= 15 is 0 Å². The van der Waals surface area contributed by atoms with Crippen LogP contribution in [0.1, 0.15) is 64.5 Å². The van der Waals surface area contributed by atoms with Crippen molar-refractivity contribution < 1.29 is 33.4 Å². The summed E-state index contributed by atoms with van der Waals surface area (Å²) in [4.78, 5) is 24.6. The number of imidazole rings is 1. The van der Waals surface area contributed by atoms with E-state index in [2.05, 4.69) is 93.0 Å². The van der Waals surface area contributed by atoms with Crippen molar-refractivity contribution in [1.29, 1.82) is 0 Å². The summed E-state index contributed by atoms with van der Waals surface area (Å²) >= 11 is 6.32. The molecule has 0 saturated carbocycles. The molecule has 2 unspecified atom stereocenters. The second-order valence-corrected chi connectivity index (χ2v) is 14.4. The number of nitrogen functional groups attached to an aromatic ring is 1. The second kappa shape index (κ2) is 22.9. The van der Waals surface area contributed by atoms with E-state index in [-0.39, 0.29) is 47.0 Å². The Hall–Kier alpha value is -4.14. The van der Waals surface area contributed by atoms with Crippen LogP contribution in [0.2, 0.25) is 5.28 Å². The average Bonchev–Trinajstić information content (AvgIpc) is 3.65. The van der Waals surface area contributed by atoms with Crippen molar-refractivity contribution in [3.63, 3.8) is 0 Å². The van der Waals surface area contributed by atoms with Gasteiger partial charge in [-0.25, -0.2) is 24.6 Å². The van der Waals surface area contributed by atoms with E-state index in [1.54, 1.807) is 30.3 Å². The van der Waals surface area contributed by atoms with Gasteiger partial charge < -0.3 is 30.5 Å². The van der Waals surface area contributed by atoms with Gasteiger partial charge in [0, 0.05) is 19.5 Å². The maximum absolute atomic E-state index is 13.8. The second-order valence-electron chi connectivity index (χ2n) is 12.3. The molecule has 1 fully saturated rings. The number of nitrogens with one attached hydrogen (secondary N) is 2. The first-order chi connectivity index (χ1) is 26.2. The van der Waals surface area contributed by atoms with E-state index in [1.165, 1.54) is 10.9 Å². The zero-order valence-corrected chi connectivity index (χ0v) is 32.1. The highest BCUT2D eigenvalue weighted by Crippen LogP contribution is 2.45. The molecular formula is C38H51ClN7O7P. The van der Waals surface area contributed by atoms with Crippen molar-refractivity contribution in [2.24, 2.45) is 0 Å². The third kappa shape index (κ3) is 13.6. The number of unbranched alkanes of at least 4 members (excludes halogenated alkanes) is 1. The molecule has 3 heterocycles.